The summed E-state index contributed by atoms with van der Waals surface area (Å²) in [6.07, 6.45) is 0. The fraction of sp³-hybridized carbons (Fsp3) is 0.190. The molecule has 0 atom stereocenters. The van der Waals surface area contributed by atoms with Crippen LogP contribution < -0.4 is 10.1 Å². The third-order valence-electron chi connectivity index (χ3n) is 4.04. The number of methoxy groups -OCH3 is 1. The van der Waals surface area contributed by atoms with Crippen LogP contribution in [0.3, 0.4) is 0 Å². The molecule has 0 aliphatic rings. The van der Waals surface area contributed by atoms with Gasteiger partial charge in [0.2, 0.25) is 5.91 Å². The zero-order valence-electron chi connectivity index (χ0n) is 15.2. The summed E-state index contributed by atoms with van der Waals surface area (Å²) in [6, 6.07) is 17.4. The number of rotatable bonds is 6. The lowest BCUT2D eigenvalue weighted by Crippen LogP contribution is -2.24. The predicted molar refractivity (Wildman–Crippen MR) is 107 cm³/mol. The first-order valence-electron chi connectivity index (χ1n) is 8.43. The highest BCUT2D eigenvalue weighted by molar-refractivity contribution is 8.00. The Morgan fingerprint density at radius 1 is 1.22 bits per heavy atom. The van der Waals surface area contributed by atoms with Crippen LogP contribution in [0.25, 0.3) is 10.9 Å². The number of nitriles is 1. The van der Waals surface area contributed by atoms with Gasteiger partial charge in [0.1, 0.15) is 16.8 Å². The lowest BCUT2D eigenvalue weighted by Gasteiger charge is -2.08. The fourth-order valence-corrected chi connectivity index (χ4v) is 3.39. The maximum absolute atomic E-state index is 12.2. The molecule has 2 aromatic carbocycles. The molecule has 0 aliphatic heterocycles. The summed E-state index contributed by atoms with van der Waals surface area (Å²) in [5, 5.41) is 13.8. The Balaban J connectivity index is 1.62. The number of hydrogen-bond donors (Lipinski definition) is 1. The number of pyridine rings is 1. The van der Waals surface area contributed by atoms with Gasteiger partial charge in [-0.25, -0.2) is 4.98 Å². The number of nitrogens with zero attached hydrogens (tertiary/aromatic N) is 2. The summed E-state index contributed by atoms with van der Waals surface area (Å²) >= 11 is 1.27. The number of amides is 1. The molecule has 0 bridgehead atoms. The summed E-state index contributed by atoms with van der Waals surface area (Å²) in [5.74, 6) is 0.877. The van der Waals surface area contributed by atoms with Crippen molar-refractivity contribution in [1.29, 1.82) is 5.26 Å². The lowest BCUT2D eigenvalue weighted by molar-refractivity contribution is -0.118. The minimum Gasteiger partial charge on any atom is -0.497 e. The number of benzene rings is 2. The van der Waals surface area contributed by atoms with E-state index in [2.05, 4.69) is 16.4 Å². The topological polar surface area (TPSA) is 75.0 Å². The van der Waals surface area contributed by atoms with Crippen molar-refractivity contribution >= 4 is 28.6 Å². The number of carbonyl (C=O) groups excluding carboxylic acids is 1. The average molecular weight is 377 g/mol. The molecule has 0 unspecified atom stereocenters. The Kier molecular flexibility index (Phi) is 5.94. The van der Waals surface area contributed by atoms with E-state index in [1.165, 1.54) is 11.8 Å². The van der Waals surface area contributed by atoms with E-state index in [9.17, 15) is 10.1 Å². The molecule has 6 heteroatoms. The van der Waals surface area contributed by atoms with E-state index in [4.69, 9.17) is 4.74 Å². The summed E-state index contributed by atoms with van der Waals surface area (Å²) in [5.41, 5.74) is 3.42. The molecule has 136 valence electrons. The van der Waals surface area contributed by atoms with Gasteiger partial charge in [0.15, 0.2) is 0 Å². The van der Waals surface area contributed by atoms with Gasteiger partial charge < -0.3 is 10.1 Å². The van der Waals surface area contributed by atoms with Gasteiger partial charge in [0, 0.05) is 11.9 Å². The van der Waals surface area contributed by atoms with Crippen molar-refractivity contribution in [3.8, 4) is 11.8 Å². The number of fused-ring (bicyclic) bond motifs is 1. The Labute approximate surface area is 162 Å². The van der Waals surface area contributed by atoms with Crippen LogP contribution in [0, 0.1) is 18.3 Å². The number of carbonyl (C=O) groups is 1. The number of ether oxygens (including phenoxy) is 1. The number of aryl methyl sites for hydroxylation is 1. The first kappa shape index (κ1) is 18.7. The van der Waals surface area contributed by atoms with Gasteiger partial charge in [-0.3, -0.25) is 4.79 Å². The van der Waals surface area contributed by atoms with Gasteiger partial charge in [-0.2, -0.15) is 5.26 Å². The number of aromatic nitrogens is 1. The van der Waals surface area contributed by atoms with Crippen LogP contribution in [-0.2, 0) is 11.3 Å². The maximum Gasteiger partial charge on any atom is 0.230 e. The van der Waals surface area contributed by atoms with E-state index in [1.807, 2.05) is 55.5 Å². The predicted octanol–water partition coefficient (Wildman–Crippen LogP) is 3.83. The smallest absolute Gasteiger partial charge is 0.230 e. The van der Waals surface area contributed by atoms with Crippen molar-refractivity contribution in [1.82, 2.24) is 10.3 Å². The summed E-state index contributed by atoms with van der Waals surface area (Å²) < 4.78 is 5.12. The molecule has 1 amide bonds. The Morgan fingerprint density at radius 2 is 2.00 bits per heavy atom. The highest BCUT2D eigenvalue weighted by atomic mass is 32.2. The Morgan fingerprint density at radius 3 is 2.70 bits per heavy atom. The van der Waals surface area contributed by atoms with Gasteiger partial charge >= 0.3 is 0 Å². The zero-order chi connectivity index (χ0) is 19.2. The van der Waals surface area contributed by atoms with Crippen LogP contribution in [0.5, 0.6) is 5.75 Å². The molecule has 0 spiro atoms. The van der Waals surface area contributed by atoms with Crippen LogP contribution in [0.4, 0.5) is 0 Å². The molecule has 1 aromatic heterocycles. The number of hydrogen-bond acceptors (Lipinski definition) is 5. The van der Waals surface area contributed by atoms with Crippen molar-refractivity contribution in [2.75, 3.05) is 12.9 Å². The largest absolute Gasteiger partial charge is 0.497 e. The fourth-order valence-electron chi connectivity index (χ4n) is 2.60. The third kappa shape index (κ3) is 4.78. The summed E-state index contributed by atoms with van der Waals surface area (Å²) in [7, 11) is 1.62. The first-order valence-corrected chi connectivity index (χ1v) is 9.41. The molecular formula is C21H19N3O2S. The normalized spacial score (nSPS) is 10.4. The second-order valence-electron chi connectivity index (χ2n) is 6.06. The molecule has 0 radical (unpaired) electrons. The van der Waals surface area contributed by atoms with Crippen molar-refractivity contribution in [2.24, 2.45) is 0 Å². The van der Waals surface area contributed by atoms with Crippen molar-refractivity contribution < 1.29 is 9.53 Å². The second-order valence-corrected chi connectivity index (χ2v) is 7.03. The second kappa shape index (κ2) is 8.56. The molecule has 1 N–H and O–H groups in total. The van der Waals surface area contributed by atoms with Crippen LogP contribution in [-0.4, -0.2) is 23.8 Å². The zero-order valence-corrected chi connectivity index (χ0v) is 16.0. The van der Waals surface area contributed by atoms with Crippen molar-refractivity contribution in [2.45, 2.75) is 18.5 Å². The van der Waals surface area contributed by atoms with Crippen molar-refractivity contribution in [3.05, 3.63) is 65.2 Å². The SMILES string of the molecule is COc1ccc(CNC(=O)CSc2nc3ccc(C)cc3cc2C#N)cc1. The van der Waals surface area contributed by atoms with Gasteiger partial charge in [0.05, 0.1) is 23.9 Å². The van der Waals surface area contributed by atoms with E-state index in [-0.39, 0.29) is 11.7 Å². The molecule has 0 saturated heterocycles. The molecule has 0 aliphatic carbocycles. The molecule has 1 heterocycles. The maximum atomic E-state index is 12.2. The third-order valence-corrected chi connectivity index (χ3v) is 5.04. The standard InChI is InChI=1S/C21H19N3O2S/c1-14-3-8-19-16(9-14)10-17(11-22)21(24-19)27-13-20(25)23-12-15-4-6-18(26-2)7-5-15/h3-10H,12-13H2,1-2H3,(H,23,25). The summed E-state index contributed by atoms with van der Waals surface area (Å²) in [6.45, 7) is 2.44. The molecule has 3 rings (SSSR count). The molecule has 0 saturated carbocycles. The molecule has 27 heavy (non-hydrogen) atoms. The first-order chi connectivity index (χ1) is 13.1. The number of nitrogens with one attached hydrogen (secondary N) is 1. The van der Waals surface area contributed by atoms with Crippen LogP contribution >= 0.6 is 11.8 Å². The Bertz CT molecular complexity index is 1010. The van der Waals surface area contributed by atoms with E-state index in [0.29, 0.717) is 17.1 Å². The van der Waals surface area contributed by atoms with Crippen LogP contribution in [0.1, 0.15) is 16.7 Å². The van der Waals surface area contributed by atoms with Crippen molar-refractivity contribution in [3.63, 3.8) is 0 Å². The van der Waals surface area contributed by atoms with Crippen LogP contribution in [0.2, 0.25) is 0 Å². The van der Waals surface area contributed by atoms with Crippen LogP contribution in [0.15, 0.2) is 53.6 Å². The highest BCUT2D eigenvalue weighted by Gasteiger charge is 2.10. The van der Waals surface area contributed by atoms with E-state index in [1.54, 1.807) is 7.11 Å². The molecule has 5 nitrogen and oxygen atoms in total. The Hall–Kier alpha value is -3.04. The monoisotopic (exact) mass is 377 g/mol. The number of thioether (sulfide) groups is 1. The quantitative estimate of drug-likeness (QED) is 0.661. The van der Waals surface area contributed by atoms with E-state index < -0.39 is 0 Å². The molecule has 0 fully saturated rings. The molecular weight excluding hydrogens is 358 g/mol. The van der Waals surface area contributed by atoms with Gasteiger partial charge in [0.25, 0.3) is 0 Å². The minimum absolute atomic E-state index is 0.106. The molecule has 3 aromatic rings. The van der Waals surface area contributed by atoms with Gasteiger partial charge in [-0.05, 0) is 42.8 Å². The van der Waals surface area contributed by atoms with E-state index >= 15 is 0 Å². The average Bonchev–Trinajstić information content (AvgIpc) is 2.70. The van der Waals surface area contributed by atoms with Gasteiger partial charge in [-0.1, -0.05) is 35.5 Å². The lowest BCUT2D eigenvalue weighted by atomic mass is 10.1. The van der Waals surface area contributed by atoms with Gasteiger partial charge in [-0.15, -0.1) is 0 Å². The highest BCUT2D eigenvalue weighted by Crippen LogP contribution is 2.25. The minimum atomic E-state index is -0.106. The van der Waals surface area contributed by atoms with E-state index in [0.717, 1.165) is 27.8 Å². The summed E-state index contributed by atoms with van der Waals surface area (Å²) in [4.78, 5) is 16.7.